The minimum Gasteiger partial charge on any atom is -0.360 e. The summed E-state index contributed by atoms with van der Waals surface area (Å²) in [5.74, 6) is 0. The van der Waals surface area contributed by atoms with Crippen molar-refractivity contribution in [1.29, 1.82) is 0 Å². The third-order valence-electron chi connectivity index (χ3n) is 3.91. The average molecular weight is 332 g/mol. The maximum Gasteiger partial charge on any atom is 0.170 e. The highest BCUT2D eigenvalue weighted by Gasteiger charge is 2.19. The van der Waals surface area contributed by atoms with Gasteiger partial charge in [0, 0.05) is 36.2 Å². The van der Waals surface area contributed by atoms with Crippen LogP contribution in [0.2, 0.25) is 0 Å². The Morgan fingerprint density at radius 1 is 1.14 bits per heavy atom. The minimum atomic E-state index is 0.475. The molecule has 5 heteroatoms. The van der Waals surface area contributed by atoms with E-state index in [2.05, 4.69) is 33.0 Å². The summed E-state index contributed by atoms with van der Waals surface area (Å²) in [5.41, 5.74) is 1.04. The SMILES string of the molecule is S=C(Nc1ccccc1)NC1CCN(Cc2cccs2)CC1. The molecule has 1 saturated heterocycles. The Kier molecular flexibility index (Phi) is 5.43. The van der Waals surface area contributed by atoms with Crippen LogP contribution in [0.4, 0.5) is 5.69 Å². The second-order valence-electron chi connectivity index (χ2n) is 5.59. The molecule has 2 aromatic rings. The molecule has 1 aromatic heterocycles. The molecule has 0 amide bonds. The summed E-state index contributed by atoms with van der Waals surface area (Å²) in [7, 11) is 0. The molecule has 0 radical (unpaired) electrons. The van der Waals surface area contributed by atoms with Gasteiger partial charge in [-0.1, -0.05) is 24.3 Å². The standard InChI is InChI=1S/C17H21N3S2/c21-17(18-14-5-2-1-3-6-14)19-15-8-10-20(11-9-15)13-16-7-4-12-22-16/h1-7,12,15H,8-11,13H2,(H2,18,19,21). The van der Waals surface area contributed by atoms with Crippen molar-refractivity contribution in [3.8, 4) is 0 Å². The van der Waals surface area contributed by atoms with Crippen LogP contribution >= 0.6 is 23.6 Å². The van der Waals surface area contributed by atoms with E-state index in [-0.39, 0.29) is 0 Å². The van der Waals surface area contributed by atoms with E-state index in [1.54, 1.807) is 0 Å². The highest BCUT2D eigenvalue weighted by atomic mass is 32.1. The molecule has 1 aliphatic heterocycles. The summed E-state index contributed by atoms with van der Waals surface area (Å²) in [6.45, 7) is 3.34. The molecule has 3 rings (SSSR count). The maximum atomic E-state index is 5.41. The fraction of sp³-hybridized carbons (Fsp3) is 0.353. The molecule has 0 atom stereocenters. The molecule has 0 bridgehead atoms. The van der Waals surface area contributed by atoms with Gasteiger partial charge in [-0.05, 0) is 48.6 Å². The molecular formula is C17H21N3S2. The predicted molar refractivity (Wildman–Crippen MR) is 98.4 cm³/mol. The Bertz CT molecular complexity index is 575. The number of nitrogens with zero attached hydrogens (tertiary/aromatic N) is 1. The van der Waals surface area contributed by atoms with Gasteiger partial charge in [-0.2, -0.15) is 0 Å². The van der Waals surface area contributed by atoms with Gasteiger partial charge in [-0.25, -0.2) is 0 Å². The summed E-state index contributed by atoms with van der Waals surface area (Å²) < 4.78 is 0. The van der Waals surface area contributed by atoms with Crippen LogP contribution in [0.15, 0.2) is 47.8 Å². The second kappa shape index (κ2) is 7.72. The summed E-state index contributed by atoms with van der Waals surface area (Å²) in [6.07, 6.45) is 2.28. The van der Waals surface area contributed by atoms with Crippen LogP contribution in [-0.2, 0) is 6.54 Å². The van der Waals surface area contributed by atoms with Crippen LogP contribution in [0.25, 0.3) is 0 Å². The fourth-order valence-corrected chi connectivity index (χ4v) is 3.76. The Labute approximate surface area is 141 Å². The van der Waals surface area contributed by atoms with Crippen LogP contribution in [-0.4, -0.2) is 29.1 Å². The van der Waals surface area contributed by atoms with Gasteiger partial charge in [0.1, 0.15) is 0 Å². The monoisotopic (exact) mass is 331 g/mol. The molecule has 0 aliphatic carbocycles. The molecule has 0 spiro atoms. The van der Waals surface area contributed by atoms with Gasteiger partial charge in [-0.15, -0.1) is 11.3 Å². The molecule has 2 N–H and O–H groups in total. The quantitative estimate of drug-likeness (QED) is 0.836. The van der Waals surface area contributed by atoms with Gasteiger partial charge in [0.15, 0.2) is 5.11 Å². The van der Waals surface area contributed by atoms with Crippen molar-refractivity contribution >= 4 is 34.4 Å². The fourth-order valence-electron chi connectivity index (χ4n) is 2.73. The number of likely N-dealkylation sites (tertiary alicyclic amines) is 1. The number of rotatable bonds is 4. The highest BCUT2D eigenvalue weighted by molar-refractivity contribution is 7.80. The normalized spacial score (nSPS) is 16.4. The van der Waals surface area contributed by atoms with Gasteiger partial charge in [0.25, 0.3) is 0 Å². The van der Waals surface area contributed by atoms with E-state index < -0.39 is 0 Å². The van der Waals surface area contributed by atoms with E-state index in [1.807, 2.05) is 41.7 Å². The predicted octanol–water partition coefficient (Wildman–Crippen LogP) is 3.70. The topological polar surface area (TPSA) is 27.3 Å². The van der Waals surface area contributed by atoms with Crippen molar-refractivity contribution in [3.63, 3.8) is 0 Å². The van der Waals surface area contributed by atoms with Gasteiger partial charge in [-0.3, -0.25) is 4.90 Å². The number of nitrogens with one attached hydrogen (secondary N) is 2. The molecule has 22 heavy (non-hydrogen) atoms. The van der Waals surface area contributed by atoms with Crippen molar-refractivity contribution in [2.75, 3.05) is 18.4 Å². The van der Waals surface area contributed by atoms with Crippen molar-refractivity contribution in [1.82, 2.24) is 10.2 Å². The molecule has 1 aliphatic rings. The molecule has 1 aromatic carbocycles. The first-order chi connectivity index (χ1) is 10.8. The van der Waals surface area contributed by atoms with E-state index in [4.69, 9.17) is 12.2 Å². The maximum absolute atomic E-state index is 5.41. The summed E-state index contributed by atoms with van der Waals surface area (Å²) in [6, 6.07) is 14.9. The number of hydrogen-bond acceptors (Lipinski definition) is 3. The van der Waals surface area contributed by atoms with E-state index in [9.17, 15) is 0 Å². The van der Waals surface area contributed by atoms with Crippen molar-refractivity contribution in [2.24, 2.45) is 0 Å². The molecule has 0 unspecified atom stereocenters. The molecule has 116 valence electrons. The van der Waals surface area contributed by atoms with Crippen LogP contribution in [0, 0.1) is 0 Å². The molecule has 0 saturated carbocycles. The average Bonchev–Trinajstić information content (AvgIpc) is 3.03. The van der Waals surface area contributed by atoms with E-state index >= 15 is 0 Å². The number of anilines is 1. The van der Waals surface area contributed by atoms with E-state index in [0.717, 1.165) is 43.3 Å². The van der Waals surface area contributed by atoms with Crippen molar-refractivity contribution in [2.45, 2.75) is 25.4 Å². The zero-order chi connectivity index (χ0) is 15.2. The zero-order valence-electron chi connectivity index (χ0n) is 12.5. The van der Waals surface area contributed by atoms with Crippen LogP contribution in [0.3, 0.4) is 0 Å². The number of benzene rings is 1. The smallest absolute Gasteiger partial charge is 0.170 e. The lowest BCUT2D eigenvalue weighted by Crippen LogP contribution is -2.45. The number of thiophene rings is 1. The van der Waals surface area contributed by atoms with Gasteiger partial charge in [0.2, 0.25) is 0 Å². The lowest BCUT2D eigenvalue weighted by Gasteiger charge is -2.32. The molecule has 2 heterocycles. The number of piperidine rings is 1. The summed E-state index contributed by atoms with van der Waals surface area (Å²) in [5, 5.41) is 9.56. The van der Waals surface area contributed by atoms with Crippen LogP contribution in [0.5, 0.6) is 0 Å². The first-order valence-corrected chi connectivity index (χ1v) is 8.96. The molecular weight excluding hydrogens is 310 g/mol. The van der Waals surface area contributed by atoms with Crippen molar-refractivity contribution < 1.29 is 0 Å². The first kappa shape index (κ1) is 15.5. The van der Waals surface area contributed by atoms with Gasteiger partial charge < -0.3 is 10.6 Å². The lowest BCUT2D eigenvalue weighted by molar-refractivity contribution is 0.201. The largest absolute Gasteiger partial charge is 0.360 e. The van der Waals surface area contributed by atoms with Crippen molar-refractivity contribution in [3.05, 3.63) is 52.7 Å². The minimum absolute atomic E-state index is 0.475. The zero-order valence-corrected chi connectivity index (χ0v) is 14.1. The molecule has 1 fully saturated rings. The number of para-hydroxylation sites is 1. The van der Waals surface area contributed by atoms with Crippen LogP contribution in [0.1, 0.15) is 17.7 Å². The Balaban J connectivity index is 1.41. The highest BCUT2D eigenvalue weighted by Crippen LogP contribution is 2.17. The lowest BCUT2D eigenvalue weighted by atomic mass is 10.1. The second-order valence-corrected chi connectivity index (χ2v) is 7.03. The Morgan fingerprint density at radius 2 is 1.91 bits per heavy atom. The Hall–Kier alpha value is -1.43. The molecule has 3 nitrogen and oxygen atoms in total. The summed E-state index contributed by atoms with van der Waals surface area (Å²) in [4.78, 5) is 3.98. The van der Waals surface area contributed by atoms with E-state index in [1.165, 1.54) is 4.88 Å². The first-order valence-electron chi connectivity index (χ1n) is 7.67. The third-order valence-corrected chi connectivity index (χ3v) is 5.00. The number of hydrogen-bond donors (Lipinski definition) is 2. The van der Waals surface area contributed by atoms with Crippen LogP contribution < -0.4 is 10.6 Å². The number of thiocarbonyl (C=S) groups is 1. The van der Waals surface area contributed by atoms with E-state index in [0.29, 0.717) is 6.04 Å². The Morgan fingerprint density at radius 3 is 2.59 bits per heavy atom. The van der Waals surface area contributed by atoms with Gasteiger partial charge >= 0.3 is 0 Å². The third kappa shape index (κ3) is 4.53. The van der Waals surface area contributed by atoms with Gasteiger partial charge in [0.05, 0.1) is 0 Å². The summed E-state index contributed by atoms with van der Waals surface area (Å²) >= 11 is 7.25.